The van der Waals surface area contributed by atoms with Crippen LogP contribution in [0.25, 0.3) is 97.4 Å². The molecule has 3 heterocycles. The number of nitrogens with zero attached hydrogens (tertiary/aromatic N) is 2. The molecule has 0 spiro atoms. The lowest BCUT2D eigenvalue weighted by Crippen LogP contribution is -1.91. The molecule has 0 fully saturated rings. The molecular weight excluding hydrogens is 613 g/mol. The van der Waals surface area contributed by atoms with Crippen LogP contribution in [0.1, 0.15) is 38.4 Å². The van der Waals surface area contributed by atoms with Crippen molar-refractivity contribution in [3.05, 3.63) is 169 Å². The first-order valence-electron chi connectivity index (χ1n) is 28.3. The second-order valence-electron chi connectivity index (χ2n) is 10.4. The van der Waals surface area contributed by atoms with E-state index in [4.69, 9.17) is 28.8 Å². The van der Waals surface area contributed by atoms with Gasteiger partial charge in [0.25, 0.3) is 0 Å². The van der Waals surface area contributed by atoms with Gasteiger partial charge in [-0.15, -0.1) is 11.3 Å². The predicted molar refractivity (Wildman–Crippen MR) is 209 cm³/mol. The lowest BCUT2D eigenvalue weighted by atomic mass is 9.93. The molecule has 49 heavy (non-hydrogen) atoms. The van der Waals surface area contributed by atoms with Crippen molar-refractivity contribution in [1.29, 1.82) is 0 Å². The summed E-state index contributed by atoms with van der Waals surface area (Å²) in [7, 11) is 0. The highest BCUT2D eigenvalue weighted by Gasteiger charge is 2.14. The summed E-state index contributed by atoms with van der Waals surface area (Å²) in [5.41, 5.74) is -4.96. The van der Waals surface area contributed by atoms with E-state index in [0.29, 0.717) is 11.3 Å². The van der Waals surface area contributed by atoms with Gasteiger partial charge in [0, 0.05) is 37.8 Å². The smallest absolute Gasteiger partial charge is 0.0972 e. The van der Waals surface area contributed by atoms with Gasteiger partial charge >= 0.3 is 0 Å². The van der Waals surface area contributed by atoms with Crippen LogP contribution in [0, 0.1) is 0 Å². The van der Waals surface area contributed by atoms with Crippen molar-refractivity contribution in [2.75, 3.05) is 0 Å². The fraction of sp³-hybridized carbons (Fsp3) is 0. The molecule has 0 amide bonds. The van der Waals surface area contributed by atoms with Gasteiger partial charge in [-0.25, -0.2) is 4.98 Å². The Morgan fingerprint density at radius 1 is 0.408 bits per heavy atom. The lowest BCUT2D eigenvalue weighted by molar-refractivity contribution is 1.37. The second kappa shape index (κ2) is 11.2. The number of pyridine rings is 2. The van der Waals surface area contributed by atoms with E-state index in [2.05, 4.69) is 9.97 Å². The summed E-state index contributed by atoms with van der Waals surface area (Å²) in [5.74, 6) is 0. The van der Waals surface area contributed by atoms with Gasteiger partial charge in [-0.1, -0.05) is 133 Å². The average Bonchev–Trinajstić information content (AvgIpc) is 3.78. The topological polar surface area (TPSA) is 25.8 Å². The maximum absolute atomic E-state index is 9.45. The zero-order chi connectivity index (χ0) is 56.7. The Balaban J connectivity index is 1.28. The van der Waals surface area contributed by atoms with Gasteiger partial charge in [-0.3, -0.25) is 4.98 Å². The molecule has 0 radical (unpaired) electrons. The predicted octanol–water partition coefficient (Wildman–Crippen LogP) is 13.0. The number of hydrogen-bond donors (Lipinski definition) is 0. The zero-order valence-corrected chi connectivity index (χ0v) is 25.1. The molecule has 3 heteroatoms. The van der Waals surface area contributed by atoms with Crippen LogP contribution in [0.4, 0.5) is 0 Å². The molecule has 2 nitrogen and oxygen atoms in total. The van der Waals surface area contributed by atoms with E-state index >= 15 is 0 Å². The molecule has 0 saturated carbocycles. The fourth-order valence-electron chi connectivity index (χ4n) is 5.42. The Bertz CT molecular complexity index is 4470. The summed E-state index contributed by atoms with van der Waals surface area (Å²) in [6, 6.07) is -22.6. The summed E-state index contributed by atoms with van der Waals surface area (Å²) in [4.78, 5) is 7.58. The third kappa shape index (κ3) is 4.62. The van der Waals surface area contributed by atoms with Gasteiger partial charge in [-0.05, 0) is 79.2 Å². The zero-order valence-electron chi connectivity index (χ0n) is 52.3. The maximum Gasteiger partial charge on any atom is 0.0972 e. The van der Waals surface area contributed by atoms with Crippen molar-refractivity contribution < 1.29 is 38.4 Å². The molecule has 228 valence electrons. The number of thiophene rings is 1. The quantitative estimate of drug-likeness (QED) is 0.174. The lowest BCUT2D eigenvalue weighted by Gasteiger charge is -2.13. The minimum absolute atomic E-state index is 0.402. The van der Waals surface area contributed by atoms with Crippen LogP contribution in [0.3, 0.4) is 0 Å². The Hall–Kier alpha value is -6.16. The Kier molecular flexibility index (Phi) is 2.70. The van der Waals surface area contributed by atoms with Crippen LogP contribution in [-0.2, 0) is 0 Å². The Morgan fingerprint density at radius 2 is 1.00 bits per heavy atom. The number of aromatic nitrogens is 2. The first-order chi connectivity index (χ1) is 35.9. The molecule has 0 atom stereocenters. The fourth-order valence-corrected chi connectivity index (χ4v) is 6.29. The summed E-state index contributed by atoms with van der Waals surface area (Å²) in [6.45, 7) is 0. The first-order valence-corrected chi connectivity index (χ1v) is 15.1. The van der Waals surface area contributed by atoms with Crippen molar-refractivity contribution in [2.45, 2.75) is 0 Å². The van der Waals surface area contributed by atoms with E-state index in [0.717, 1.165) is 0 Å². The van der Waals surface area contributed by atoms with Crippen molar-refractivity contribution in [1.82, 2.24) is 9.97 Å². The number of benzene rings is 7. The van der Waals surface area contributed by atoms with E-state index in [1.54, 1.807) is 0 Å². The van der Waals surface area contributed by atoms with Gasteiger partial charge in [0.1, 0.15) is 0 Å². The highest BCUT2D eigenvalue weighted by Crippen LogP contribution is 2.42. The van der Waals surface area contributed by atoms with E-state index in [-0.39, 0.29) is 0 Å². The molecule has 10 rings (SSSR count). The van der Waals surface area contributed by atoms with Crippen molar-refractivity contribution >= 4 is 65.5 Å². The molecule has 7 aromatic carbocycles. The molecule has 0 aliphatic heterocycles. The molecule has 10 aromatic rings. The van der Waals surface area contributed by atoms with Gasteiger partial charge in [0.15, 0.2) is 0 Å². The highest BCUT2D eigenvalue weighted by atomic mass is 32.1. The van der Waals surface area contributed by atoms with Crippen molar-refractivity contribution in [3.8, 4) is 43.3 Å². The molecule has 0 saturated heterocycles. The minimum Gasteiger partial charge on any atom is -0.254 e. The second-order valence-corrected chi connectivity index (χ2v) is 11.4. The maximum atomic E-state index is 9.45. The number of rotatable bonds is 4. The minimum atomic E-state index is -1.01. The Morgan fingerprint density at radius 3 is 1.82 bits per heavy atom. The largest absolute Gasteiger partial charge is 0.254 e. The standard InChI is InChI=1S/C46H28N2S/c1-2-10-34-33(8-1)28-41(39-14-6-4-11-36(34)39)44-26-25-43(49-44)30-17-15-29(16-18-30)35-22-23-40(38-13-5-3-12-37(35)38)42-24-21-32-20-19-31-9-7-27-47-45(31)46(32)48-42/h1-28H/i1D,2D,3D,4D,5D,6D,7D,8D,9D,10D,11D,12D,13D,14D,15D,16D,17D,18D,19D,20D,21D,22D,23D,24D,25D,26D,27D,28D. The van der Waals surface area contributed by atoms with Crippen molar-refractivity contribution in [2.24, 2.45) is 0 Å². The average molecular weight is 669 g/mol. The van der Waals surface area contributed by atoms with Crippen LogP contribution in [-0.4, -0.2) is 9.97 Å². The summed E-state index contributed by atoms with van der Waals surface area (Å²) in [5, 5.41) is -4.04. The van der Waals surface area contributed by atoms with Crippen LogP contribution in [0.5, 0.6) is 0 Å². The van der Waals surface area contributed by atoms with E-state index in [1.807, 2.05) is 0 Å². The number of fused-ring (bicyclic) bond motifs is 7. The third-order valence-electron chi connectivity index (χ3n) is 7.64. The number of hydrogen-bond acceptors (Lipinski definition) is 3. The molecule has 0 unspecified atom stereocenters. The summed E-state index contributed by atoms with van der Waals surface area (Å²) >= 11 is 0.432. The van der Waals surface area contributed by atoms with E-state index in [9.17, 15) is 9.60 Å². The van der Waals surface area contributed by atoms with Gasteiger partial charge < -0.3 is 0 Å². The Labute approximate surface area is 326 Å². The van der Waals surface area contributed by atoms with Crippen LogP contribution < -0.4 is 0 Å². The molecule has 0 N–H and O–H groups in total. The molecule has 0 aliphatic rings. The summed E-state index contributed by atoms with van der Waals surface area (Å²) < 4.78 is 249. The van der Waals surface area contributed by atoms with Gasteiger partial charge in [0.05, 0.1) is 55.1 Å². The van der Waals surface area contributed by atoms with E-state index < -0.39 is 267 Å². The van der Waals surface area contributed by atoms with Crippen LogP contribution in [0.15, 0.2) is 169 Å². The SMILES string of the molecule is [2H]c1nc2c(c([2H])c1[2H])c([2H])c([2H])c1c([2H])c([2H])c(-c3c([2H])c([2H])c(-c4c([2H])c([2H])c(-c5sc(-c6c([2H])c7c([2H])c([2H])c([2H])c([2H])c7c7c([2H])c([2H])c([2H])c([2H])c67)c([2H])c5[2H])c([2H])c4[2H])c4c([2H])c([2H])c([2H])c([2H])c34)nc12. The van der Waals surface area contributed by atoms with Crippen molar-refractivity contribution in [3.63, 3.8) is 0 Å². The normalized spacial score (nSPS) is 19.7. The molecule has 3 aromatic heterocycles. The summed E-state index contributed by atoms with van der Waals surface area (Å²) in [6.07, 6.45) is -0.756. The van der Waals surface area contributed by atoms with E-state index in [1.165, 1.54) is 0 Å². The van der Waals surface area contributed by atoms with Crippen LogP contribution >= 0.6 is 11.3 Å². The monoisotopic (exact) mass is 668 g/mol. The third-order valence-corrected chi connectivity index (χ3v) is 8.66. The molecule has 0 bridgehead atoms. The van der Waals surface area contributed by atoms with Gasteiger partial charge in [-0.2, -0.15) is 0 Å². The van der Waals surface area contributed by atoms with Crippen LogP contribution in [0.2, 0.25) is 0 Å². The first kappa shape index (κ1) is 11.8. The highest BCUT2D eigenvalue weighted by molar-refractivity contribution is 7.19. The molecule has 0 aliphatic carbocycles. The molecular formula is C46H28N2S. The van der Waals surface area contributed by atoms with Gasteiger partial charge in [0.2, 0.25) is 0 Å².